The molecule has 1 aliphatic heterocycles. The zero-order valence-corrected chi connectivity index (χ0v) is 15.4. The van der Waals surface area contributed by atoms with Crippen LogP contribution in [0.5, 0.6) is 0 Å². The molecule has 26 heavy (non-hydrogen) atoms. The Kier molecular flexibility index (Phi) is 4.63. The molecule has 0 unspecified atom stereocenters. The smallest absolute Gasteiger partial charge is 0.255 e. The fourth-order valence-corrected chi connectivity index (χ4v) is 4.15. The summed E-state index contributed by atoms with van der Waals surface area (Å²) in [5.74, 6) is -0.483. The van der Waals surface area contributed by atoms with Crippen LogP contribution in [0.1, 0.15) is 34.7 Å². The van der Waals surface area contributed by atoms with E-state index in [1.54, 1.807) is 4.90 Å². The molecular weight excluding hydrogens is 374 g/mol. The van der Waals surface area contributed by atoms with E-state index in [0.29, 0.717) is 19.0 Å². The predicted octanol–water partition coefficient (Wildman–Crippen LogP) is 5.63. The minimum absolute atomic E-state index is 0.0791. The molecule has 1 aliphatic rings. The van der Waals surface area contributed by atoms with Crippen LogP contribution in [0.2, 0.25) is 10.0 Å². The highest BCUT2D eigenvalue weighted by atomic mass is 35.5. The largest absolute Gasteiger partial charge is 0.361 e. The number of benzene rings is 2. The Morgan fingerprint density at radius 1 is 1.12 bits per heavy atom. The summed E-state index contributed by atoms with van der Waals surface area (Å²) < 4.78 is 13.7. The van der Waals surface area contributed by atoms with E-state index in [9.17, 15) is 9.18 Å². The minimum Gasteiger partial charge on any atom is -0.361 e. The molecule has 1 aromatic heterocycles. The van der Waals surface area contributed by atoms with Crippen LogP contribution >= 0.6 is 23.2 Å². The highest BCUT2D eigenvalue weighted by molar-refractivity contribution is 6.36. The number of nitrogens with one attached hydrogen (secondary N) is 1. The number of hydrogen-bond acceptors (Lipinski definition) is 1. The van der Waals surface area contributed by atoms with E-state index in [1.165, 1.54) is 17.0 Å². The molecule has 3 nitrogen and oxygen atoms in total. The molecule has 0 spiro atoms. The van der Waals surface area contributed by atoms with Gasteiger partial charge < -0.3 is 9.88 Å². The third-order valence-electron chi connectivity index (χ3n) is 5.08. The second kappa shape index (κ2) is 6.93. The number of halogens is 3. The Balaban J connectivity index is 1.50. The van der Waals surface area contributed by atoms with Gasteiger partial charge in [-0.05, 0) is 42.5 Å². The fraction of sp³-hybridized carbons (Fsp3) is 0.250. The average Bonchev–Trinajstić information content (AvgIpc) is 3.08. The van der Waals surface area contributed by atoms with Crippen molar-refractivity contribution in [3.8, 4) is 0 Å². The van der Waals surface area contributed by atoms with Gasteiger partial charge in [-0.2, -0.15) is 0 Å². The topological polar surface area (TPSA) is 36.1 Å². The zero-order valence-electron chi connectivity index (χ0n) is 13.9. The van der Waals surface area contributed by atoms with Gasteiger partial charge in [-0.25, -0.2) is 4.39 Å². The van der Waals surface area contributed by atoms with Gasteiger partial charge in [0.25, 0.3) is 5.91 Å². The number of nitrogens with zero attached hydrogens (tertiary/aromatic N) is 1. The molecular formula is C20H17Cl2FN2O. The molecule has 4 rings (SSSR count). The van der Waals surface area contributed by atoms with E-state index < -0.39 is 5.82 Å². The standard InChI is InChI=1S/C20H17Cl2FN2O/c21-16-10-17(22)18(23)9-14(16)20(26)25-7-5-12(6-8-25)15-11-24-19-4-2-1-3-13(15)19/h1-4,9-12,24H,5-8H2. The molecule has 2 aromatic carbocycles. The average molecular weight is 391 g/mol. The predicted molar refractivity (Wildman–Crippen MR) is 103 cm³/mol. The van der Waals surface area contributed by atoms with Gasteiger partial charge in [0.15, 0.2) is 0 Å². The lowest BCUT2D eigenvalue weighted by Gasteiger charge is -2.32. The second-order valence-electron chi connectivity index (χ2n) is 6.60. The van der Waals surface area contributed by atoms with Crippen molar-refractivity contribution in [1.82, 2.24) is 9.88 Å². The van der Waals surface area contributed by atoms with E-state index in [-0.39, 0.29) is 21.5 Å². The van der Waals surface area contributed by atoms with Crippen LogP contribution in [-0.2, 0) is 0 Å². The third-order valence-corrected chi connectivity index (χ3v) is 5.69. The molecule has 0 radical (unpaired) electrons. The van der Waals surface area contributed by atoms with E-state index >= 15 is 0 Å². The SMILES string of the molecule is O=C(c1cc(F)c(Cl)cc1Cl)N1CCC(c2c[nH]c3ccccc23)CC1. The summed E-state index contributed by atoms with van der Waals surface area (Å²) in [5, 5.41) is 1.34. The normalized spacial score (nSPS) is 15.6. The Labute approximate surface area is 160 Å². The molecule has 0 saturated carbocycles. The summed E-state index contributed by atoms with van der Waals surface area (Å²) in [6.45, 7) is 1.23. The molecule has 2 heterocycles. The maximum Gasteiger partial charge on any atom is 0.255 e. The first-order chi connectivity index (χ1) is 12.5. The molecule has 3 aromatic rings. The molecule has 134 valence electrons. The maximum absolute atomic E-state index is 13.7. The van der Waals surface area contributed by atoms with E-state index in [2.05, 4.69) is 23.3 Å². The third kappa shape index (κ3) is 3.08. The van der Waals surface area contributed by atoms with Crippen LogP contribution < -0.4 is 0 Å². The fourth-order valence-electron chi connectivity index (χ4n) is 3.68. The second-order valence-corrected chi connectivity index (χ2v) is 7.42. The van der Waals surface area contributed by atoms with E-state index in [0.717, 1.165) is 24.4 Å². The lowest BCUT2D eigenvalue weighted by molar-refractivity contribution is 0.0713. The van der Waals surface area contributed by atoms with Gasteiger partial charge >= 0.3 is 0 Å². The number of fused-ring (bicyclic) bond motifs is 1. The van der Waals surface area contributed by atoms with E-state index in [1.807, 2.05) is 12.1 Å². The van der Waals surface area contributed by atoms with Crippen molar-refractivity contribution in [2.24, 2.45) is 0 Å². The van der Waals surface area contributed by atoms with Gasteiger partial charge in [0.2, 0.25) is 0 Å². The van der Waals surface area contributed by atoms with Gasteiger partial charge in [0, 0.05) is 30.2 Å². The lowest BCUT2D eigenvalue weighted by Crippen LogP contribution is -2.38. The van der Waals surface area contributed by atoms with Crippen LogP contribution in [0.4, 0.5) is 4.39 Å². The van der Waals surface area contributed by atoms with Crippen LogP contribution in [-0.4, -0.2) is 28.9 Å². The van der Waals surface area contributed by atoms with Crippen LogP contribution in [0.3, 0.4) is 0 Å². The molecule has 1 saturated heterocycles. The Morgan fingerprint density at radius 2 is 1.85 bits per heavy atom. The van der Waals surface area contributed by atoms with Crippen LogP contribution in [0, 0.1) is 5.82 Å². The zero-order chi connectivity index (χ0) is 18.3. The number of hydrogen-bond donors (Lipinski definition) is 1. The number of amides is 1. The Bertz CT molecular complexity index is 977. The molecule has 0 aliphatic carbocycles. The van der Waals surface area contributed by atoms with Crippen molar-refractivity contribution in [2.45, 2.75) is 18.8 Å². The number of H-pyrrole nitrogens is 1. The van der Waals surface area contributed by atoms with Crippen LogP contribution in [0.15, 0.2) is 42.6 Å². The number of para-hydroxylation sites is 1. The van der Waals surface area contributed by atoms with Crippen molar-refractivity contribution in [3.63, 3.8) is 0 Å². The molecule has 0 bridgehead atoms. The lowest BCUT2D eigenvalue weighted by atomic mass is 9.89. The molecule has 1 amide bonds. The summed E-state index contributed by atoms with van der Waals surface area (Å²) in [5.41, 5.74) is 2.59. The van der Waals surface area contributed by atoms with E-state index in [4.69, 9.17) is 23.2 Å². The quantitative estimate of drug-likeness (QED) is 0.565. The molecule has 1 fully saturated rings. The minimum atomic E-state index is -0.631. The van der Waals surface area contributed by atoms with Crippen molar-refractivity contribution >= 4 is 40.0 Å². The van der Waals surface area contributed by atoms with Gasteiger partial charge in [-0.1, -0.05) is 41.4 Å². The van der Waals surface area contributed by atoms with Gasteiger partial charge in [-0.15, -0.1) is 0 Å². The van der Waals surface area contributed by atoms with Crippen molar-refractivity contribution in [1.29, 1.82) is 0 Å². The number of carbonyl (C=O) groups is 1. The summed E-state index contributed by atoms with van der Waals surface area (Å²) >= 11 is 11.8. The van der Waals surface area contributed by atoms with Gasteiger partial charge in [0.05, 0.1) is 15.6 Å². The maximum atomic E-state index is 13.7. The Hall–Kier alpha value is -2.04. The number of aromatic amines is 1. The number of piperidine rings is 1. The summed E-state index contributed by atoms with van der Waals surface area (Å²) in [6, 6.07) is 10.6. The molecule has 6 heteroatoms. The van der Waals surface area contributed by atoms with Crippen LogP contribution in [0.25, 0.3) is 10.9 Å². The summed E-state index contributed by atoms with van der Waals surface area (Å²) in [4.78, 5) is 17.8. The first-order valence-electron chi connectivity index (χ1n) is 8.54. The number of likely N-dealkylation sites (tertiary alicyclic amines) is 1. The number of rotatable bonds is 2. The van der Waals surface area contributed by atoms with Crippen molar-refractivity contribution in [2.75, 3.05) is 13.1 Å². The summed E-state index contributed by atoms with van der Waals surface area (Å²) in [6.07, 6.45) is 3.79. The number of carbonyl (C=O) groups excluding carboxylic acids is 1. The number of aromatic nitrogens is 1. The Morgan fingerprint density at radius 3 is 2.62 bits per heavy atom. The summed E-state index contributed by atoms with van der Waals surface area (Å²) in [7, 11) is 0. The van der Waals surface area contributed by atoms with Gasteiger partial charge in [0.1, 0.15) is 5.82 Å². The monoisotopic (exact) mass is 390 g/mol. The van der Waals surface area contributed by atoms with Crippen molar-refractivity contribution in [3.05, 3.63) is 69.6 Å². The first kappa shape index (κ1) is 17.4. The molecule has 0 atom stereocenters. The first-order valence-corrected chi connectivity index (χ1v) is 9.30. The highest BCUT2D eigenvalue weighted by Crippen LogP contribution is 2.34. The van der Waals surface area contributed by atoms with Crippen molar-refractivity contribution < 1.29 is 9.18 Å². The molecule has 1 N–H and O–H groups in total. The highest BCUT2D eigenvalue weighted by Gasteiger charge is 2.27. The van der Waals surface area contributed by atoms with Gasteiger partial charge in [-0.3, -0.25) is 4.79 Å².